The summed E-state index contributed by atoms with van der Waals surface area (Å²) in [5.74, 6) is -1.38. The van der Waals surface area contributed by atoms with Gasteiger partial charge in [0, 0.05) is 25.3 Å². The largest absolute Gasteiger partial charge is 0.461 e. The Hall–Kier alpha value is -2.19. The molecule has 8 heteroatoms. The SMILES string of the molecule is CCCCCC(=O)OC1CC(C)(O)C2CCC(C)(C=C3OC(=O)C(COC(C)=O)=C31)O2. The van der Waals surface area contributed by atoms with E-state index in [1.165, 1.54) is 6.92 Å². The van der Waals surface area contributed by atoms with E-state index in [-0.39, 0.29) is 30.8 Å². The van der Waals surface area contributed by atoms with Gasteiger partial charge in [-0.3, -0.25) is 9.59 Å². The molecule has 1 N–H and O–H groups in total. The summed E-state index contributed by atoms with van der Waals surface area (Å²) in [6.45, 7) is 6.50. The van der Waals surface area contributed by atoms with Gasteiger partial charge in [-0.05, 0) is 39.2 Å². The Labute approximate surface area is 182 Å². The van der Waals surface area contributed by atoms with Gasteiger partial charge in [-0.15, -0.1) is 0 Å². The van der Waals surface area contributed by atoms with Gasteiger partial charge < -0.3 is 24.1 Å². The van der Waals surface area contributed by atoms with Gasteiger partial charge in [-0.2, -0.15) is 0 Å². The van der Waals surface area contributed by atoms with Crippen molar-refractivity contribution in [3.8, 4) is 0 Å². The second-order valence-corrected chi connectivity index (χ2v) is 9.03. The van der Waals surface area contributed by atoms with E-state index in [1.54, 1.807) is 13.0 Å². The molecule has 0 aliphatic carbocycles. The van der Waals surface area contributed by atoms with Crippen LogP contribution in [0.3, 0.4) is 0 Å². The summed E-state index contributed by atoms with van der Waals surface area (Å²) in [4.78, 5) is 36.5. The van der Waals surface area contributed by atoms with Crippen LogP contribution in [-0.2, 0) is 33.3 Å². The number of carbonyl (C=O) groups excluding carboxylic acids is 3. The molecule has 3 aliphatic heterocycles. The average molecular weight is 437 g/mol. The summed E-state index contributed by atoms with van der Waals surface area (Å²) >= 11 is 0. The van der Waals surface area contributed by atoms with E-state index in [1.807, 2.05) is 13.8 Å². The highest BCUT2D eigenvalue weighted by Gasteiger charge is 2.50. The van der Waals surface area contributed by atoms with E-state index in [2.05, 4.69) is 0 Å². The van der Waals surface area contributed by atoms with Gasteiger partial charge >= 0.3 is 17.9 Å². The molecule has 3 heterocycles. The first-order chi connectivity index (χ1) is 14.5. The average Bonchev–Trinajstić information content (AvgIpc) is 3.20. The maximum atomic E-state index is 12.6. The number of hydrogen-bond acceptors (Lipinski definition) is 8. The third-order valence-electron chi connectivity index (χ3n) is 6.08. The van der Waals surface area contributed by atoms with Crippen LogP contribution in [-0.4, -0.2) is 53.0 Å². The molecule has 0 aromatic heterocycles. The molecule has 0 saturated carbocycles. The van der Waals surface area contributed by atoms with Crippen molar-refractivity contribution in [2.45, 2.75) is 96.1 Å². The van der Waals surface area contributed by atoms with Crippen molar-refractivity contribution in [1.82, 2.24) is 0 Å². The maximum absolute atomic E-state index is 12.6. The van der Waals surface area contributed by atoms with Crippen LogP contribution in [0.2, 0.25) is 0 Å². The summed E-state index contributed by atoms with van der Waals surface area (Å²) in [5, 5.41) is 11.2. The first kappa shape index (κ1) is 23.5. The Morgan fingerprint density at radius 2 is 2.03 bits per heavy atom. The highest BCUT2D eigenvalue weighted by molar-refractivity contribution is 5.95. The van der Waals surface area contributed by atoms with E-state index in [0.717, 1.165) is 12.8 Å². The predicted molar refractivity (Wildman–Crippen MR) is 110 cm³/mol. The van der Waals surface area contributed by atoms with Crippen molar-refractivity contribution in [3.63, 3.8) is 0 Å². The van der Waals surface area contributed by atoms with Crippen molar-refractivity contribution >= 4 is 17.9 Å². The lowest BCUT2D eigenvalue weighted by molar-refractivity contribution is -0.155. The number of esters is 3. The third kappa shape index (κ3) is 5.36. The molecule has 4 unspecified atom stereocenters. The normalized spacial score (nSPS) is 32.4. The number of carbonyl (C=O) groups is 3. The lowest BCUT2D eigenvalue weighted by Gasteiger charge is -2.33. The summed E-state index contributed by atoms with van der Waals surface area (Å²) in [6.07, 6.45) is 4.42. The quantitative estimate of drug-likeness (QED) is 0.369. The van der Waals surface area contributed by atoms with Gasteiger partial charge in [0.05, 0.1) is 22.9 Å². The smallest absolute Gasteiger partial charge is 0.343 e. The number of ether oxygens (including phenoxy) is 4. The molecule has 0 aromatic rings. The van der Waals surface area contributed by atoms with Crippen LogP contribution in [0.1, 0.15) is 72.6 Å². The molecule has 31 heavy (non-hydrogen) atoms. The van der Waals surface area contributed by atoms with Crippen molar-refractivity contribution in [2.75, 3.05) is 6.61 Å². The van der Waals surface area contributed by atoms with E-state index in [4.69, 9.17) is 18.9 Å². The van der Waals surface area contributed by atoms with Crippen molar-refractivity contribution in [3.05, 3.63) is 23.0 Å². The van der Waals surface area contributed by atoms with Gasteiger partial charge in [0.15, 0.2) is 0 Å². The van der Waals surface area contributed by atoms with E-state index < -0.39 is 41.3 Å². The van der Waals surface area contributed by atoms with Crippen molar-refractivity contribution in [2.24, 2.45) is 0 Å². The molecule has 4 atom stereocenters. The second-order valence-electron chi connectivity index (χ2n) is 9.03. The molecule has 1 fully saturated rings. The minimum absolute atomic E-state index is 0.0279. The summed E-state index contributed by atoms with van der Waals surface area (Å²) in [6, 6.07) is 0. The van der Waals surface area contributed by atoms with Gasteiger partial charge in [0.2, 0.25) is 0 Å². The van der Waals surface area contributed by atoms with E-state index >= 15 is 0 Å². The Bertz CT molecular complexity index is 808. The number of unbranched alkanes of at least 4 members (excludes halogenated alkanes) is 2. The maximum Gasteiger partial charge on any atom is 0.343 e. The standard InChI is InChI=1S/C23H32O8/c1-5-6-7-8-19(25)29-17-12-23(4,27)18-9-10-22(3,31-18)11-16-20(17)15(21(26)30-16)13-28-14(2)24/h11,17-18,27H,5-10,12-13H2,1-4H3. The van der Waals surface area contributed by atoms with Crippen LogP contribution < -0.4 is 0 Å². The zero-order valence-corrected chi connectivity index (χ0v) is 18.7. The van der Waals surface area contributed by atoms with Crippen molar-refractivity contribution < 1.29 is 38.4 Å². The molecule has 3 rings (SSSR count). The summed E-state index contributed by atoms with van der Waals surface area (Å²) in [7, 11) is 0. The molecule has 0 amide bonds. The lowest BCUT2D eigenvalue weighted by atomic mass is 9.84. The van der Waals surface area contributed by atoms with Gasteiger partial charge in [-0.1, -0.05) is 19.8 Å². The van der Waals surface area contributed by atoms with Crippen LogP contribution in [0.4, 0.5) is 0 Å². The highest BCUT2D eigenvalue weighted by atomic mass is 16.6. The number of fused-ring (bicyclic) bond motifs is 3. The molecule has 8 nitrogen and oxygen atoms in total. The zero-order valence-electron chi connectivity index (χ0n) is 18.7. The molecule has 2 bridgehead atoms. The molecule has 0 radical (unpaired) electrons. The molecule has 3 aliphatic rings. The summed E-state index contributed by atoms with van der Waals surface area (Å²) in [5.41, 5.74) is -1.59. The van der Waals surface area contributed by atoms with E-state index in [9.17, 15) is 19.5 Å². The fourth-order valence-corrected chi connectivity index (χ4v) is 4.37. The highest BCUT2D eigenvalue weighted by Crippen LogP contribution is 2.45. The number of hydrogen-bond donors (Lipinski definition) is 1. The number of rotatable bonds is 7. The van der Waals surface area contributed by atoms with Crippen LogP contribution in [0, 0.1) is 0 Å². The second kappa shape index (κ2) is 9.12. The Balaban J connectivity index is 2.02. The van der Waals surface area contributed by atoms with E-state index in [0.29, 0.717) is 24.8 Å². The minimum Gasteiger partial charge on any atom is -0.461 e. The predicted octanol–water partition coefficient (Wildman–Crippen LogP) is 2.87. The van der Waals surface area contributed by atoms with Gasteiger partial charge in [0.25, 0.3) is 0 Å². The molecule has 0 aromatic carbocycles. The zero-order chi connectivity index (χ0) is 22.8. The monoisotopic (exact) mass is 436 g/mol. The lowest BCUT2D eigenvalue weighted by Crippen LogP contribution is -2.44. The minimum atomic E-state index is -1.30. The van der Waals surface area contributed by atoms with Gasteiger partial charge in [-0.25, -0.2) is 4.79 Å². The Morgan fingerprint density at radius 1 is 1.29 bits per heavy atom. The van der Waals surface area contributed by atoms with Crippen LogP contribution in [0.25, 0.3) is 0 Å². The first-order valence-electron chi connectivity index (χ1n) is 11.0. The third-order valence-corrected chi connectivity index (χ3v) is 6.08. The fraction of sp³-hybridized carbons (Fsp3) is 0.696. The van der Waals surface area contributed by atoms with Gasteiger partial charge in [0.1, 0.15) is 18.5 Å². The molecular weight excluding hydrogens is 404 g/mol. The summed E-state index contributed by atoms with van der Waals surface area (Å²) < 4.78 is 22.5. The topological polar surface area (TPSA) is 108 Å². The molecular formula is C23H32O8. The number of aliphatic hydroxyl groups is 1. The Morgan fingerprint density at radius 3 is 2.71 bits per heavy atom. The molecule has 172 valence electrons. The van der Waals surface area contributed by atoms with Crippen molar-refractivity contribution in [1.29, 1.82) is 0 Å². The molecule has 0 spiro atoms. The van der Waals surface area contributed by atoms with Crippen LogP contribution in [0.5, 0.6) is 0 Å². The van der Waals surface area contributed by atoms with Crippen LogP contribution >= 0.6 is 0 Å². The Kier molecular flexibility index (Phi) is 6.91. The van der Waals surface area contributed by atoms with Crippen LogP contribution in [0.15, 0.2) is 23.0 Å². The molecule has 1 saturated heterocycles. The fourth-order valence-electron chi connectivity index (χ4n) is 4.37. The first-order valence-corrected chi connectivity index (χ1v) is 11.0.